The van der Waals surface area contributed by atoms with Crippen molar-refractivity contribution in [1.29, 1.82) is 0 Å². The largest absolute Gasteiger partial charge is 0.318 e. The van der Waals surface area contributed by atoms with E-state index < -0.39 is 0 Å². The van der Waals surface area contributed by atoms with Gasteiger partial charge in [0.15, 0.2) is 0 Å². The van der Waals surface area contributed by atoms with Gasteiger partial charge in [-0.25, -0.2) is 0 Å². The molecule has 0 spiro atoms. The molecule has 42 valence electrons. The van der Waals surface area contributed by atoms with Crippen molar-refractivity contribution in [2.75, 3.05) is 13.6 Å². The molecule has 1 aliphatic heterocycles. The van der Waals surface area contributed by atoms with Crippen LogP contribution in [0.2, 0.25) is 0 Å². The minimum atomic E-state index is 0.366. The number of hydrogen-bond acceptors (Lipinski definition) is 3. The Balaban J connectivity index is 2.26. The molecule has 7 heavy (non-hydrogen) atoms. The van der Waals surface area contributed by atoms with Crippen molar-refractivity contribution in [2.45, 2.75) is 11.8 Å². The molecule has 1 atom stereocenters. The van der Waals surface area contributed by atoms with E-state index in [2.05, 4.69) is 11.4 Å². The van der Waals surface area contributed by atoms with Crippen LogP contribution in [-0.4, -0.2) is 23.3 Å². The Labute approximate surface area is 48.2 Å². The van der Waals surface area contributed by atoms with Crippen LogP contribution in [0.1, 0.15) is 6.42 Å². The normalized spacial score (nSPS) is 34.3. The first-order chi connectivity index (χ1) is 3.29. The van der Waals surface area contributed by atoms with Crippen LogP contribution in [0.3, 0.4) is 0 Å². The molecule has 0 amide bonds. The van der Waals surface area contributed by atoms with Gasteiger partial charge in [0.25, 0.3) is 0 Å². The van der Waals surface area contributed by atoms with Crippen molar-refractivity contribution in [3.8, 4) is 0 Å². The third-order valence-corrected chi connectivity index (χ3v) is 2.09. The van der Waals surface area contributed by atoms with E-state index in [0.29, 0.717) is 5.37 Å². The van der Waals surface area contributed by atoms with E-state index in [-0.39, 0.29) is 0 Å². The van der Waals surface area contributed by atoms with Gasteiger partial charge in [-0.3, -0.25) is 4.31 Å². The van der Waals surface area contributed by atoms with Gasteiger partial charge in [0.1, 0.15) is 0 Å². The zero-order valence-corrected chi connectivity index (χ0v) is 5.24. The maximum absolute atomic E-state index is 5.55. The predicted molar refractivity (Wildman–Crippen MR) is 32.8 cm³/mol. The van der Waals surface area contributed by atoms with Gasteiger partial charge in [0.2, 0.25) is 0 Å². The molecule has 0 aliphatic carbocycles. The summed E-state index contributed by atoms with van der Waals surface area (Å²) in [6.45, 7) is 1.14. The van der Waals surface area contributed by atoms with Gasteiger partial charge in [-0.05, 0) is 13.5 Å². The molecule has 1 fully saturated rings. The fraction of sp³-hybridized carbons (Fsp3) is 1.00. The average molecular weight is 118 g/mol. The highest BCUT2D eigenvalue weighted by Gasteiger charge is 2.14. The Morgan fingerprint density at radius 1 is 1.86 bits per heavy atom. The number of nitrogens with zero attached hydrogens (tertiary/aromatic N) is 1. The van der Waals surface area contributed by atoms with Gasteiger partial charge in [0, 0.05) is 6.54 Å². The molecule has 1 unspecified atom stereocenters. The summed E-state index contributed by atoms with van der Waals surface area (Å²) in [6.07, 6.45) is 1.14. The molecule has 0 bridgehead atoms. The SMILES string of the molecule is CN1CCC(N)S1. The highest BCUT2D eigenvalue weighted by Crippen LogP contribution is 2.21. The lowest BCUT2D eigenvalue weighted by Gasteiger charge is -2.02. The average Bonchev–Trinajstić information content (AvgIpc) is 1.87. The van der Waals surface area contributed by atoms with E-state index in [0.717, 1.165) is 13.0 Å². The highest BCUT2D eigenvalue weighted by molar-refractivity contribution is 7.97. The molecule has 1 saturated heterocycles. The molecule has 0 aromatic carbocycles. The standard InChI is InChI=1S/C4H10N2S/c1-6-3-2-4(5)7-6/h4H,2-3,5H2,1H3. The Morgan fingerprint density at radius 2 is 2.57 bits per heavy atom. The van der Waals surface area contributed by atoms with Crippen LogP contribution in [0.25, 0.3) is 0 Å². The van der Waals surface area contributed by atoms with E-state index in [1.807, 2.05) is 0 Å². The summed E-state index contributed by atoms with van der Waals surface area (Å²) in [5.74, 6) is 0. The summed E-state index contributed by atoms with van der Waals surface area (Å²) in [5.41, 5.74) is 5.55. The van der Waals surface area contributed by atoms with Crippen molar-refractivity contribution in [2.24, 2.45) is 5.73 Å². The van der Waals surface area contributed by atoms with Crippen molar-refractivity contribution >= 4 is 11.9 Å². The van der Waals surface area contributed by atoms with Crippen LogP contribution in [0.5, 0.6) is 0 Å². The minimum Gasteiger partial charge on any atom is -0.318 e. The van der Waals surface area contributed by atoms with Crippen LogP contribution in [0.15, 0.2) is 0 Å². The van der Waals surface area contributed by atoms with E-state index in [1.54, 1.807) is 11.9 Å². The monoisotopic (exact) mass is 118 g/mol. The van der Waals surface area contributed by atoms with Gasteiger partial charge in [-0.1, -0.05) is 11.9 Å². The fourth-order valence-corrected chi connectivity index (χ4v) is 1.53. The van der Waals surface area contributed by atoms with Crippen LogP contribution in [0.4, 0.5) is 0 Å². The van der Waals surface area contributed by atoms with Crippen LogP contribution in [0, 0.1) is 0 Å². The molecule has 0 aromatic heterocycles. The molecule has 3 heteroatoms. The van der Waals surface area contributed by atoms with E-state index in [4.69, 9.17) is 5.73 Å². The summed E-state index contributed by atoms with van der Waals surface area (Å²) >= 11 is 1.73. The first-order valence-corrected chi connectivity index (χ1v) is 3.26. The van der Waals surface area contributed by atoms with Crippen molar-refractivity contribution in [1.82, 2.24) is 4.31 Å². The van der Waals surface area contributed by atoms with E-state index in [9.17, 15) is 0 Å². The predicted octanol–water partition coefficient (Wildman–Crippen LogP) is 0.255. The lowest BCUT2D eigenvalue weighted by molar-refractivity contribution is 0.586. The molecule has 0 aromatic rings. The topological polar surface area (TPSA) is 29.3 Å². The number of hydrogen-bond donors (Lipinski definition) is 1. The summed E-state index contributed by atoms with van der Waals surface area (Å²) in [7, 11) is 2.07. The molecule has 2 nitrogen and oxygen atoms in total. The molecule has 1 aliphatic rings. The van der Waals surface area contributed by atoms with E-state index >= 15 is 0 Å². The fourth-order valence-electron chi connectivity index (χ4n) is 0.646. The van der Waals surface area contributed by atoms with Gasteiger partial charge in [-0.2, -0.15) is 0 Å². The first-order valence-electron chi connectivity index (χ1n) is 2.42. The van der Waals surface area contributed by atoms with Crippen LogP contribution in [-0.2, 0) is 0 Å². The second-order valence-corrected chi connectivity index (χ2v) is 3.22. The van der Waals surface area contributed by atoms with Gasteiger partial charge < -0.3 is 5.73 Å². The number of rotatable bonds is 0. The Morgan fingerprint density at radius 3 is 2.71 bits per heavy atom. The Kier molecular flexibility index (Phi) is 1.57. The Hall–Kier alpha value is 0.270. The second-order valence-electron chi connectivity index (χ2n) is 1.78. The van der Waals surface area contributed by atoms with Crippen molar-refractivity contribution in [3.05, 3.63) is 0 Å². The quantitative estimate of drug-likeness (QED) is 0.462. The lowest BCUT2D eigenvalue weighted by atomic mass is 10.4. The maximum atomic E-state index is 5.55. The zero-order valence-electron chi connectivity index (χ0n) is 4.42. The molecule has 0 saturated carbocycles. The molecule has 1 rings (SSSR count). The van der Waals surface area contributed by atoms with Gasteiger partial charge in [-0.15, -0.1) is 0 Å². The molecular weight excluding hydrogens is 108 g/mol. The first kappa shape index (κ1) is 5.41. The summed E-state index contributed by atoms with van der Waals surface area (Å²) in [5, 5.41) is 0.366. The Bertz CT molecular complexity index is 58.7. The molecule has 1 heterocycles. The second kappa shape index (κ2) is 2.03. The molecule has 2 N–H and O–H groups in total. The van der Waals surface area contributed by atoms with Crippen LogP contribution < -0.4 is 5.73 Å². The third kappa shape index (κ3) is 1.33. The molecular formula is C4H10N2S. The van der Waals surface area contributed by atoms with Gasteiger partial charge in [0.05, 0.1) is 5.37 Å². The lowest BCUT2D eigenvalue weighted by Crippen LogP contribution is -2.10. The summed E-state index contributed by atoms with van der Waals surface area (Å²) in [4.78, 5) is 0. The number of nitrogens with two attached hydrogens (primary N) is 1. The van der Waals surface area contributed by atoms with Crippen LogP contribution >= 0.6 is 11.9 Å². The maximum Gasteiger partial charge on any atom is 0.0668 e. The smallest absolute Gasteiger partial charge is 0.0668 e. The van der Waals surface area contributed by atoms with E-state index in [1.165, 1.54) is 0 Å². The minimum absolute atomic E-state index is 0.366. The zero-order chi connectivity index (χ0) is 5.28. The summed E-state index contributed by atoms with van der Waals surface area (Å²) in [6, 6.07) is 0. The summed E-state index contributed by atoms with van der Waals surface area (Å²) < 4.78 is 2.17. The molecule has 0 radical (unpaired) electrons. The third-order valence-electron chi connectivity index (χ3n) is 1.04. The van der Waals surface area contributed by atoms with Crippen molar-refractivity contribution < 1.29 is 0 Å². The van der Waals surface area contributed by atoms with Crippen molar-refractivity contribution in [3.63, 3.8) is 0 Å². The van der Waals surface area contributed by atoms with Gasteiger partial charge >= 0.3 is 0 Å². The highest BCUT2D eigenvalue weighted by atomic mass is 32.2.